The van der Waals surface area contributed by atoms with Crippen LogP contribution in [0.25, 0.3) is 22.5 Å². The smallest absolute Gasteiger partial charge is 0.348 e. The highest BCUT2D eigenvalue weighted by molar-refractivity contribution is 6.30. The molecule has 10 heteroatoms. The highest BCUT2D eigenvalue weighted by atomic mass is 35.5. The van der Waals surface area contributed by atoms with E-state index < -0.39 is 45.4 Å². The highest BCUT2D eigenvalue weighted by Crippen LogP contribution is 2.47. The second-order valence-electron chi connectivity index (χ2n) is 5.49. The standard InChI is InChI=1S/C17H8ClF5N2O2/c18-10-4-1-8(2-5-10)15-16(25(26)27)13(17(21,22)23)14(24-15)9-3-6-11(19)12(20)7-9/h1-7,24H. The van der Waals surface area contributed by atoms with Crippen molar-refractivity contribution in [3.63, 3.8) is 0 Å². The van der Waals surface area contributed by atoms with Crippen LogP contribution in [0.15, 0.2) is 42.5 Å². The van der Waals surface area contributed by atoms with Gasteiger partial charge in [-0.1, -0.05) is 23.7 Å². The normalized spacial score (nSPS) is 11.6. The van der Waals surface area contributed by atoms with Crippen molar-refractivity contribution < 1.29 is 26.9 Å². The average molecular weight is 403 g/mol. The monoisotopic (exact) mass is 402 g/mol. The molecule has 27 heavy (non-hydrogen) atoms. The van der Waals surface area contributed by atoms with E-state index >= 15 is 0 Å². The third-order valence-corrected chi connectivity index (χ3v) is 4.03. The van der Waals surface area contributed by atoms with Gasteiger partial charge in [-0.25, -0.2) is 8.78 Å². The molecule has 2 aromatic carbocycles. The van der Waals surface area contributed by atoms with Gasteiger partial charge < -0.3 is 4.98 Å². The molecule has 3 aromatic rings. The number of benzene rings is 2. The Morgan fingerprint density at radius 1 is 0.926 bits per heavy atom. The van der Waals surface area contributed by atoms with Gasteiger partial charge in [0.25, 0.3) is 0 Å². The topological polar surface area (TPSA) is 58.9 Å². The van der Waals surface area contributed by atoms with Gasteiger partial charge in [0.15, 0.2) is 17.2 Å². The first-order chi connectivity index (χ1) is 12.6. The van der Waals surface area contributed by atoms with Gasteiger partial charge in [0.1, 0.15) is 5.69 Å². The molecule has 0 aliphatic carbocycles. The van der Waals surface area contributed by atoms with Crippen molar-refractivity contribution in [1.82, 2.24) is 4.98 Å². The summed E-state index contributed by atoms with van der Waals surface area (Å²) < 4.78 is 67.5. The molecule has 0 unspecified atom stereocenters. The molecular weight excluding hydrogens is 395 g/mol. The van der Waals surface area contributed by atoms with E-state index in [1.807, 2.05) is 0 Å². The minimum absolute atomic E-state index is 0.0745. The molecule has 0 amide bonds. The molecule has 0 fully saturated rings. The average Bonchev–Trinajstić information content (AvgIpc) is 2.99. The first-order valence-electron chi connectivity index (χ1n) is 7.28. The Balaban J connectivity index is 2.36. The largest absolute Gasteiger partial charge is 0.425 e. The van der Waals surface area contributed by atoms with Gasteiger partial charge in [-0.2, -0.15) is 13.2 Å². The van der Waals surface area contributed by atoms with Crippen LogP contribution in [-0.4, -0.2) is 9.91 Å². The fraction of sp³-hybridized carbons (Fsp3) is 0.0588. The molecule has 0 aliphatic rings. The van der Waals surface area contributed by atoms with Crippen LogP contribution in [-0.2, 0) is 6.18 Å². The number of H-pyrrole nitrogens is 1. The molecule has 0 saturated carbocycles. The molecule has 3 rings (SSSR count). The van der Waals surface area contributed by atoms with Crippen molar-refractivity contribution in [2.45, 2.75) is 6.18 Å². The number of aromatic nitrogens is 1. The van der Waals surface area contributed by atoms with Crippen molar-refractivity contribution in [2.75, 3.05) is 0 Å². The first kappa shape index (κ1) is 18.8. The fourth-order valence-corrected chi connectivity index (χ4v) is 2.77. The number of nitrogens with zero attached hydrogens (tertiary/aromatic N) is 1. The molecule has 0 bridgehead atoms. The van der Waals surface area contributed by atoms with Crippen LogP contribution in [0, 0.1) is 21.7 Å². The molecule has 4 nitrogen and oxygen atoms in total. The molecule has 0 spiro atoms. The van der Waals surface area contributed by atoms with E-state index in [1.54, 1.807) is 0 Å². The molecule has 1 aromatic heterocycles. The van der Waals surface area contributed by atoms with Crippen molar-refractivity contribution in [3.8, 4) is 22.5 Å². The number of aromatic amines is 1. The predicted molar refractivity (Wildman–Crippen MR) is 88.2 cm³/mol. The SMILES string of the molecule is O=[N+]([O-])c1c(-c2ccc(Cl)cc2)[nH]c(-c2ccc(F)c(F)c2)c1C(F)(F)F. The Kier molecular flexibility index (Phi) is 4.64. The van der Waals surface area contributed by atoms with Gasteiger partial charge in [-0.3, -0.25) is 10.1 Å². The minimum Gasteiger partial charge on any atom is -0.348 e. The van der Waals surface area contributed by atoms with Crippen LogP contribution in [0.4, 0.5) is 27.6 Å². The van der Waals surface area contributed by atoms with Crippen molar-refractivity contribution in [2.24, 2.45) is 0 Å². The van der Waals surface area contributed by atoms with Gasteiger partial charge in [-0.15, -0.1) is 0 Å². The third kappa shape index (κ3) is 3.50. The lowest BCUT2D eigenvalue weighted by Crippen LogP contribution is -2.09. The maximum absolute atomic E-state index is 13.6. The first-order valence-corrected chi connectivity index (χ1v) is 7.66. The maximum Gasteiger partial charge on any atom is 0.425 e. The lowest BCUT2D eigenvalue weighted by Gasteiger charge is -2.08. The van der Waals surface area contributed by atoms with Crippen LogP contribution in [0.2, 0.25) is 5.02 Å². The van der Waals surface area contributed by atoms with Crippen LogP contribution in [0.5, 0.6) is 0 Å². The van der Waals surface area contributed by atoms with E-state index in [2.05, 4.69) is 4.98 Å². The van der Waals surface area contributed by atoms with Gasteiger partial charge >= 0.3 is 11.9 Å². The lowest BCUT2D eigenvalue weighted by atomic mass is 10.0. The molecule has 1 N–H and O–H groups in total. The molecule has 1 heterocycles. The number of halogens is 6. The zero-order chi connectivity index (χ0) is 19.9. The summed E-state index contributed by atoms with van der Waals surface area (Å²) in [5.74, 6) is -2.64. The fourth-order valence-electron chi connectivity index (χ4n) is 2.64. The van der Waals surface area contributed by atoms with E-state index in [0.29, 0.717) is 12.1 Å². The Morgan fingerprint density at radius 2 is 1.52 bits per heavy atom. The summed E-state index contributed by atoms with van der Waals surface area (Å²) in [6, 6.07) is 7.38. The minimum atomic E-state index is -5.12. The summed E-state index contributed by atoms with van der Waals surface area (Å²) in [6.07, 6.45) is -5.12. The summed E-state index contributed by atoms with van der Waals surface area (Å²) in [5.41, 5.74) is -4.27. The molecule has 140 valence electrons. The summed E-state index contributed by atoms with van der Waals surface area (Å²) in [4.78, 5) is 12.6. The highest BCUT2D eigenvalue weighted by Gasteiger charge is 2.45. The van der Waals surface area contributed by atoms with E-state index in [9.17, 15) is 32.1 Å². The number of nitrogens with one attached hydrogen (secondary N) is 1. The Bertz CT molecular complexity index is 1030. The lowest BCUT2D eigenvalue weighted by molar-refractivity contribution is -0.387. The molecule has 0 aliphatic heterocycles. The van der Waals surface area contributed by atoms with E-state index in [-0.39, 0.29) is 16.1 Å². The summed E-state index contributed by atoms with van der Waals surface area (Å²) in [5, 5.41) is 11.7. The van der Waals surface area contributed by atoms with Gasteiger partial charge in [0.05, 0.1) is 10.6 Å². The number of rotatable bonds is 3. The Hall–Kier alpha value is -2.94. The number of alkyl halides is 3. The van der Waals surface area contributed by atoms with Crippen LogP contribution in [0.3, 0.4) is 0 Å². The van der Waals surface area contributed by atoms with Gasteiger partial charge in [0.2, 0.25) is 0 Å². The predicted octanol–water partition coefficient (Wildman–Crippen LogP) is 6.21. The third-order valence-electron chi connectivity index (χ3n) is 3.78. The van der Waals surface area contributed by atoms with E-state index in [1.165, 1.54) is 24.3 Å². The molecule has 0 saturated heterocycles. The Morgan fingerprint density at radius 3 is 2.04 bits per heavy atom. The van der Waals surface area contributed by atoms with Crippen molar-refractivity contribution in [3.05, 3.63) is 74.8 Å². The van der Waals surface area contributed by atoms with Gasteiger partial charge in [0, 0.05) is 16.1 Å². The van der Waals surface area contributed by atoms with Crippen LogP contribution >= 0.6 is 11.6 Å². The van der Waals surface area contributed by atoms with Crippen LogP contribution in [0.1, 0.15) is 5.56 Å². The van der Waals surface area contributed by atoms with E-state index in [0.717, 1.165) is 6.07 Å². The summed E-state index contributed by atoms with van der Waals surface area (Å²) in [6.45, 7) is 0. The number of nitro groups is 1. The summed E-state index contributed by atoms with van der Waals surface area (Å²) >= 11 is 5.74. The van der Waals surface area contributed by atoms with Crippen molar-refractivity contribution in [1.29, 1.82) is 0 Å². The summed E-state index contributed by atoms with van der Waals surface area (Å²) in [7, 11) is 0. The van der Waals surface area contributed by atoms with Gasteiger partial charge in [-0.05, 0) is 30.3 Å². The van der Waals surface area contributed by atoms with Crippen LogP contribution < -0.4 is 0 Å². The number of hydrogen-bond acceptors (Lipinski definition) is 2. The molecule has 0 atom stereocenters. The Labute approximate surface area is 153 Å². The number of hydrogen-bond donors (Lipinski definition) is 1. The van der Waals surface area contributed by atoms with E-state index in [4.69, 9.17) is 11.6 Å². The van der Waals surface area contributed by atoms with Crippen molar-refractivity contribution >= 4 is 17.3 Å². The molecular formula is C17H8ClF5N2O2. The second kappa shape index (κ2) is 6.66. The quantitative estimate of drug-likeness (QED) is 0.322. The maximum atomic E-state index is 13.6. The zero-order valence-corrected chi connectivity index (χ0v) is 13.8. The second-order valence-corrected chi connectivity index (χ2v) is 5.93. The zero-order valence-electron chi connectivity index (χ0n) is 13.1. The molecule has 0 radical (unpaired) electrons.